The standard InChI is InChI=1S/C10H23NOS/c1-8(2)7-13(12)10(4)6-9(3)11-5/h8-11H,6-7H2,1-5H3. The molecular formula is C10H23NOS. The first-order chi connectivity index (χ1) is 5.97. The maximum atomic E-state index is 11.7. The van der Waals surface area contributed by atoms with Crippen LogP contribution in [0.15, 0.2) is 0 Å². The summed E-state index contributed by atoms with van der Waals surface area (Å²) in [6, 6.07) is 0.464. The maximum Gasteiger partial charge on any atom is 0.0334 e. The Bertz CT molecular complexity index is 159. The average molecular weight is 205 g/mol. The molecular weight excluding hydrogens is 182 g/mol. The van der Waals surface area contributed by atoms with Gasteiger partial charge in [0.2, 0.25) is 0 Å². The first-order valence-electron chi connectivity index (χ1n) is 5.01. The van der Waals surface area contributed by atoms with Crippen molar-refractivity contribution in [1.29, 1.82) is 0 Å². The number of rotatable bonds is 6. The molecule has 0 spiro atoms. The lowest BCUT2D eigenvalue weighted by Crippen LogP contribution is -2.28. The summed E-state index contributed by atoms with van der Waals surface area (Å²) in [5.74, 6) is 1.37. The molecule has 3 unspecified atom stereocenters. The van der Waals surface area contributed by atoms with Gasteiger partial charge in [0.25, 0.3) is 0 Å². The summed E-state index contributed by atoms with van der Waals surface area (Å²) >= 11 is 0. The van der Waals surface area contributed by atoms with Gasteiger partial charge in [-0.3, -0.25) is 4.21 Å². The normalized spacial score (nSPS) is 18.6. The quantitative estimate of drug-likeness (QED) is 0.716. The van der Waals surface area contributed by atoms with Gasteiger partial charge in [0, 0.05) is 27.8 Å². The van der Waals surface area contributed by atoms with Gasteiger partial charge in [0.1, 0.15) is 0 Å². The second-order valence-corrected chi connectivity index (χ2v) is 6.08. The molecule has 0 aromatic heterocycles. The summed E-state index contributed by atoms with van der Waals surface area (Å²) in [7, 11) is 1.29. The van der Waals surface area contributed by atoms with Crippen molar-refractivity contribution in [3.8, 4) is 0 Å². The molecule has 0 fully saturated rings. The highest BCUT2D eigenvalue weighted by Gasteiger charge is 2.14. The lowest BCUT2D eigenvalue weighted by atomic mass is 10.2. The summed E-state index contributed by atoms with van der Waals surface area (Å²) < 4.78 is 11.7. The van der Waals surface area contributed by atoms with E-state index in [1.807, 2.05) is 7.05 Å². The minimum absolute atomic E-state index is 0.310. The van der Waals surface area contributed by atoms with Gasteiger partial charge in [0.05, 0.1) is 0 Å². The molecule has 80 valence electrons. The van der Waals surface area contributed by atoms with Gasteiger partial charge in [-0.2, -0.15) is 0 Å². The molecule has 0 aromatic carbocycles. The second-order valence-electron chi connectivity index (χ2n) is 4.18. The van der Waals surface area contributed by atoms with E-state index in [4.69, 9.17) is 0 Å². The molecule has 13 heavy (non-hydrogen) atoms. The van der Waals surface area contributed by atoms with E-state index >= 15 is 0 Å². The summed E-state index contributed by atoms with van der Waals surface area (Å²) in [4.78, 5) is 0. The van der Waals surface area contributed by atoms with Gasteiger partial charge in [-0.15, -0.1) is 0 Å². The summed E-state index contributed by atoms with van der Waals surface area (Å²) in [5.41, 5.74) is 0. The summed E-state index contributed by atoms with van der Waals surface area (Å²) in [6.45, 7) is 8.44. The molecule has 0 rings (SSSR count). The van der Waals surface area contributed by atoms with Crippen LogP contribution in [-0.2, 0) is 10.8 Å². The van der Waals surface area contributed by atoms with Crippen molar-refractivity contribution in [2.45, 2.75) is 45.4 Å². The molecule has 0 saturated heterocycles. The zero-order chi connectivity index (χ0) is 10.4. The first kappa shape index (κ1) is 13.1. The SMILES string of the molecule is CNC(C)CC(C)S(=O)CC(C)C. The third kappa shape index (κ3) is 6.22. The van der Waals surface area contributed by atoms with E-state index in [2.05, 4.69) is 33.0 Å². The van der Waals surface area contributed by atoms with Crippen LogP contribution in [0, 0.1) is 5.92 Å². The highest BCUT2D eigenvalue weighted by molar-refractivity contribution is 7.85. The molecule has 3 heteroatoms. The Morgan fingerprint density at radius 2 is 1.77 bits per heavy atom. The summed E-state index contributed by atoms with van der Waals surface area (Å²) in [5, 5.41) is 3.48. The molecule has 1 N–H and O–H groups in total. The highest BCUT2D eigenvalue weighted by atomic mass is 32.2. The zero-order valence-corrected chi connectivity index (χ0v) is 10.3. The van der Waals surface area contributed by atoms with Crippen molar-refractivity contribution in [3.63, 3.8) is 0 Å². The van der Waals surface area contributed by atoms with Crippen LogP contribution in [0.2, 0.25) is 0 Å². The molecule has 0 aromatic rings. The fourth-order valence-corrected chi connectivity index (χ4v) is 2.70. The molecule has 0 aliphatic heterocycles. The molecule has 0 bridgehead atoms. The van der Waals surface area contributed by atoms with E-state index in [1.54, 1.807) is 0 Å². The topological polar surface area (TPSA) is 29.1 Å². The van der Waals surface area contributed by atoms with Gasteiger partial charge >= 0.3 is 0 Å². The van der Waals surface area contributed by atoms with Crippen LogP contribution in [-0.4, -0.2) is 28.3 Å². The molecule has 0 amide bonds. The molecule has 3 atom stereocenters. The average Bonchev–Trinajstić information content (AvgIpc) is 2.02. The molecule has 0 aliphatic carbocycles. The highest BCUT2D eigenvalue weighted by Crippen LogP contribution is 2.08. The minimum atomic E-state index is -0.657. The van der Waals surface area contributed by atoms with Crippen molar-refractivity contribution in [2.24, 2.45) is 5.92 Å². The second kappa shape index (κ2) is 6.55. The monoisotopic (exact) mass is 205 g/mol. The van der Waals surface area contributed by atoms with E-state index in [0.717, 1.165) is 12.2 Å². The summed E-state index contributed by atoms with van der Waals surface area (Å²) in [6.07, 6.45) is 0.996. The van der Waals surface area contributed by atoms with Crippen molar-refractivity contribution in [2.75, 3.05) is 12.8 Å². The predicted molar refractivity (Wildman–Crippen MR) is 60.4 cm³/mol. The van der Waals surface area contributed by atoms with Gasteiger partial charge in [-0.25, -0.2) is 0 Å². The third-order valence-electron chi connectivity index (χ3n) is 2.12. The maximum absolute atomic E-state index is 11.7. The minimum Gasteiger partial charge on any atom is -0.317 e. The smallest absolute Gasteiger partial charge is 0.0334 e. The van der Waals surface area contributed by atoms with Gasteiger partial charge in [0.15, 0.2) is 0 Å². The Morgan fingerprint density at radius 1 is 1.23 bits per heavy atom. The van der Waals surface area contributed by atoms with E-state index in [9.17, 15) is 4.21 Å². The van der Waals surface area contributed by atoms with Crippen LogP contribution in [0.5, 0.6) is 0 Å². The van der Waals surface area contributed by atoms with Crippen LogP contribution >= 0.6 is 0 Å². The Labute approximate surface area is 84.9 Å². The van der Waals surface area contributed by atoms with Crippen LogP contribution in [0.25, 0.3) is 0 Å². The Balaban J connectivity index is 3.82. The fraction of sp³-hybridized carbons (Fsp3) is 1.00. The first-order valence-corrected chi connectivity index (χ1v) is 6.40. The molecule has 0 heterocycles. The van der Waals surface area contributed by atoms with E-state index in [-0.39, 0.29) is 0 Å². The van der Waals surface area contributed by atoms with E-state index in [1.165, 1.54) is 0 Å². The molecule has 0 saturated carbocycles. The number of hydrogen-bond acceptors (Lipinski definition) is 2. The Morgan fingerprint density at radius 3 is 2.15 bits per heavy atom. The van der Waals surface area contributed by atoms with Gasteiger partial charge in [-0.1, -0.05) is 20.8 Å². The van der Waals surface area contributed by atoms with Crippen molar-refractivity contribution in [3.05, 3.63) is 0 Å². The van der Waals surface area contributed by atoms with Crippen molar-refractivity contribution < 1.29 is 4.21 Å². The number of hydrogen-bond donors (Lipinski definition) is 1. The van der Waals surface area contributed by atoms with Crippen LogP contribution in [0.1, 0.15) is 34.1 Å². The Hall–Kier alpha value is 0.110. The molecule has 0 radical (unpaired) electrons. The number of nitrogens with one attached hydrogen (secondary N) is 1. The lowest BCUT2D eigenvalue weighted by molar-refractivity contribution is 0.552. The predicted octanol–water partition coefficient (Wildman–Crippen LogP) is 1.78. The third-order valence-corrected chi connectivity index (χ3v) is 4.21. The van der Waals surface area contributed by atoms with Crippen LogP contribution < -0.4 is 5.32 Å². The largest absolute Gasteiger partial charge is 0.317 e. The molecule has 0 aliphatic rings. The molecule has 2 nitrogen and oxygen atoms in total. The lowest BCUT2D eigenvalue weighted by Gasteiger charge is -2.17. The zero-order valence-electron chi connectivity index (χ0n) is 9.46. The van der Waals surface area contributed by atoms with Crippen LogP contribution in [0.4, 0.5) is 0 Å². The van der Waals surface area contributed by atoms with Gasteiger partial charge < -0.3 is 5.32 Å². The Kier molecular flexibility index (Phi) is 6.60. The van der Waals surface area contributed by atoms with Crippen molar-refractivity contribution in [1.82, 2.24) is 5.32 Å². The van der Waals surface area contributed by atoms with Crippen LogP contribution in [0.3, 0.4) is 0 Å². The van der Waals surface area contributed by atoms with Gasteiger partial charge in [-0.05, 0) is 26.3 Å². The fourth-order valence-electron chi connectivity index (χ4n) is 1.22. The van der Waals surface area contributed by atoms with E-state index in [0.29, 0.717) is 17.2 Å². The van der Waals surface area contributed by atoms with E-state index < -0.39 is 10.8 Å². The van der Waals surface area contributed by atoms with Crippen molar-refractivity contribution >= 4 is 10.8 Å².